The molecule has 6 heteroatoms. The van der Waals surface area contributed by atoms with Gasteiger partial charge in [0.1, 0.15) is 17.5 Å². The number of carbonyl (C=O) groups is 1. The summed E-state index contributed by atoms with van der Waals surface area (Å²) in [7, 11) is 0. The smallest absolute Gasteiger partial charge is 0.346 e. The van der Waals surface area contributed by atoms with Crippen LogP contribution in [-0.4, -0.2) is 25.9 Å². The predicted molar refractivity (Wildman–Crippen MR) is 106 cm³/mol. The molecule has 0 spiro atoms. The Hall–Kier alpha value is -2.37. The Balaban J connectivity index is 1.62. The molecular weight excluding hydrogens is 354 g/mol. The van der Waals surface area contributed by atoms with Crippen molar-refractivity contribution in [2.75, 3.05) is 0 Å². The van der Waals surface area contributed by atoms with E-state index in [1.807, 2.05) is 20.8 Å². The molecule has 2 aromatic rings. The first kappa shape index (κ1) is 19.0. The third-order valence-electron chi connectivity index (χ3n) is 5.78. The fourth-order valence-corrected chi connectivity index (χ4v) is 4.11. The third-order valence-corrected chi connectivity index (χ3v) is 5.78. The fourth-order valence-electron chi connectivity index (χ4n) is 4.11. The van der Waals surface area contributed by atoms with Crippen molar-refractivity contribution in [1.29, 1.82) is 0 Å². The number of carbonyl (C=O) groups excluding carboxylic acids is 1. The van der Waals surface area contributed by atoms with E-state index in [2.05, 4.69) is 36.3 Å². The minimum absolute atomic E-state index is 0.0105. The lowest BCUT2D eigenvalue weighted by Gasteiger charge is -2.26. The minimum Gasteiger partial charge on any atom is -0.458 e. The maximum Gasteiger partial charge on any atom is 0.346 e. The number of aryl methyl sites for hydroxylation is 2. The Morgan fingerprint density at radius 3 is 2.54 bits per heavy atom. The normalized spacial score (nSPS) is 20.5. The summed E-state index contributed by atoms with van der Waals surface area (Å²) in [6.45, 7) is 8.18. The summed E-state index contributed by atoms with van der Waals surface area (Å²) < 4.78 is 8.70. The number of hydrogen-bond donors (Lipinski definition) is 0. The van der Waals surface area contributed by atoms with Crippen molar-refractivity contribution in [3.05, 3.63) is 51.7 Å². The molecule has 0 bridgehead atoms. The van der Waals surface area contributed by atoms with E-state index in [1.54, 1.807) is 9.25 Å². The van der Waals surface area contributed by atoms with Crippen molar-refractivity contribution in [2.24, 2.45) is 0 Å². The Labute approximate surface area is 165 Å². The number of esters is 1. The van der Waals surface area contributed by atoms with Crippen LogP contribution in [0.2, 0.25) is 0 Å². The molecule has 1 aromatic heterocycles. The van der Waals surface area contributed by atoms with Crippen LogP contribution in [0.25, 0.3) is 0 Å². The van der Waals surface area contributed by atoms with Gasteiger partial charge in [-0.1, -0.05) is 29.8 Å². The van der Waals surface area contributed by atoms with Crippen LogP contribution in [0.1, 0.15) is 69.4 Å². The van der Waals surface area contributed by atoms with Gasteiger partial charge in [0.05, 0.1) is 6.54 Å². The van der Waals surface area contributed by atoms with Gasteiger partial charge >= 0.3 is 11.7 Å². The highest BCUT2D eigenvalue weighted by Gasteiger charge is 2.46. The monoisotopic (exact) mass is 383 g/mol. The molecule has 1 aliphatic carbocycles. The molecule has 6 nitrogen and oxygen atoms in total. The first-order chi connectivity index (χ1) is 13.2. The van der Waals surface area contributed by atoms with E-state index in [4.69, 9.17) is 4.74 Å². The van der Waals surface area contributed by atoms with Gasteiger partial charge in [0.25, 0.3) is 0 Å². The zero-order valence-electron chi connectivity index (χ0n) is 17.2. The Bertz CT molecular complexity index is 943. The van der Waals surface area contributed by atoms with Crippen LogP contribution < -0.4 is 5.69 Å². The summed E-state index contributed by atoms with van der Waals surface area (Å²) in [5, 5.41) is 4.61. The molecule has 28 heavy (non-hydrogen) atoms. The first-order valence-electron chi connectivity index (χ1n) is 10.2. The van der Waals surface area contributed by atoms with E-state index in [1.165, 1.54) is 11.1 Å². The highest BCUT2D eigenvalue weighted by Crippen LogP contribution is 2.49. The number of ether oxygens (including phenoxy) is 1. The number of aromatic nitrogens is 3. The van der Waals surface area contributed by atoms with Crippen molar-refractivity contribution < 1.29 is 9.53 Å². The molecule has 1 saturated carbocycles. The molecule has 1 fully saturated rings. The van der Waals surface area contributed by atoms with Gasteiger partial charge < -0.3 is 4.74 Å². The van der Waals surface area contributed by atoms with Crippen LogP contribution in [0.15, 0.2) is 29.1 Å². The summed E-state index contributed by atoms with van der Waals surface area (Å²) in [6.07, 6.45) is 4.29. The van der Waals surface area contributed by atoms with E-state index in [0.717, 1.165) is 25.7 Å². The molecule has 2 aliphatic rings. The zero-order valence-corrected chi connectivity index (χ0v) is 17.2. The average molecular weight is 383 g/mol. The lowest BCUT2D eigenvalue weighted by molar-refractivity contribution is -0.159. The molecule has 1 aromatic carbocycles. The highest BCUT2D eigenvalue weighted by molar-refractivity contribution is 5.74. The van der Waals surface area contributed by atoms with E-state index < -0.39 is 11.6 Å². The molecule has 1 aliphatic heterocycles. The second kappa shape index (κ2) is 6.61. The largest absolute Gasteiger partial charge is 0.458 e. The van der Waals surface area contributed by atoms with Gasteiger partial charge in [0.15, 0.2) is 0 Å². The van der Waals surface area contributed by atoms with Crippen LogP contribution in [0.4, 0.5) is 0 Å². The number of benzene rings is 1. The maximum absolute atomic E-state index is 13.1. The number of rotatable bonds is 4. The summed E-state index contributed by atoms with van der Waals surface area (Å²) in [5.74, 6) is 0.363. The molecule has 0 amide bonds. The van der Waals surface area contributed by atoms with Gasteiger partial charge in [-0.2, -0.15) is 5.10 Å². The number of nitrogens with zero attached hydrogens (tertiary/aromatic N) is 3. The summed E-state index contributed by atoms with van der Waals surface area (Å²) in [6, 6.07) is 7.99. The van der Waals surface area contributed by atoms with Crippen LogP contribution >= 0.6 is 0 Å². The van der Waals surface area contributed by atoms with Crippen LogP contribution in [-0.2, 0) is 27.9 Å². The van der Waals surface area contributed by atoms with Gasteiger partial charge in [0.2, 0.25) is 0 Å². The molecule has 4 rings (SSSR count). The van der Waals surface area contributed by atoms with Crippen LogP contribution in [0.5, 0.6) is 0 Å². The van der Waals surface area contributed by atoms with E-state index >= 15 is 0 Å². The minimum atomic E-state index is -0.572. The zero-order chi connectivity index (χ0) is 20.1. The molecule has 2 heterocycles. The van der Waals surface area contributed by atoms with E-state index in [9.17, 15) is 9.59 Å². The van der Waals surface area contributed by atoms with E-state index in [0.29, 0.717) is 18.8 Å². The second-order valence-corrected chi connectivity index (χ2v) is 9.31. The lowest BCUT2D eigenvalue weighted by Crippen LogP contribution is -2.38. The summed E-state index contributed by atoms with van der Waals surface area (Å²) in [4.78, 5) is 25.8. The Morgan fingerprint density at radius 1 is 1.25 bits per heavy atom. The van der Waals surface area contributed by atoms with Crippen molar-refractivity contribution in [3.8, 4) is 0 Å². The molecule has 0 unspecified atom stereocenters. The number of fused-ring (bicyclic) bond motifs is 1. The first-order valence-corrected chi connectivity index (χ1v) is 10.2. The molecular formula is C22H29N3O3. The molecule has 0 radical (unpaired) electrons. The van der Waals surface area contributed by atoms with Crippen LogP contribution in [0, 0.1) is 6.92 Å². The van der Waals surface area contributed by atoms with Crippen molar-refractivity contribution >= 4 is 5.97 Å². The Morgan fingerprint density at radius 2 is 1.93 bits per heavy atom. The maximum atomic E-state index is 13.1. The van der Waals surface area contributed by atoms with Gasteiger partial charge in [0, 0.05) is 11.8 Å². The SMILES string of the molecule is Cc1ccc(C2(Cn3nc4n(c3=O)[C@H](C(=O)OC(C)(C)C)CCC4)CC2)cc1. The van der Waals surface area contributed by atoms with Gasteiger partial charge in [-0.25, -0.2) is 14.3 Å². The Kier molecular flexibility index (Phi) is 4.47. The fraction of sp³-hybridized carbons (Fsp3) is 0.591. The van der Waals surface area contributed by atoms with Gasteiger partial charge in [-0.3, -0.25) is 4.57 Å². The van der Waals surface area contributed by atoms with Crippen LogP contribution in [0.3, 0.4) is 0 Å². The molecule has 0 saturated heterocycles. The highest BCUT2D eigenvalue weighted by atomic mass is 16.6. The third kappa shape index (κ3) is 3.52. The topological polar surface area (TPSA) is 66.1 Å². The molecule has 150 valence electrons. The van der Waals surface area contributed by atoms with Crippen molar-refractivity contribution in [3.63, 3.8) is 0 Å². The van der Waals surface area contributed by atoms with Crippen molar-refractivity contribution in [1.82, 2.24) is 14.3 Å². The molecule has 1 atom stereocenters. The van der Waals surface area contributed by atoms with E-state index in [-0.39, 0.29) is 17.1 Å². The summed E-state index contributed by atoms with van der Waals surface area (Å²) >= 11 is 0. The predicted octanol–water partition coefficient (Wildman–Crippen LogP) is 3.30. The standard InChI is InChI=1S/C22H29N3O3/c1-15-8-10-16(11-9-15)22(12-13-22)14-24-20(27)25-17(6-5-7-18(25)23-24)19(26)28-21(2,3)4/h8-11,17H,5-7,12-14H2,1-4H3/t17-/m0/s1. The summed E-state index contributed by atoms with van der Waals surface area (Å²) in [5.41, 5.74) is 1.72. The molecule has 0 N–H and O–H groups in total. The second-order valence-electron chi connectivity index (χ2n) is 9.31. The van der Waals surface area contributed by atoms with Crippen molar-refractivity contribution in [2.45, 2.75) is 83.4 Å². The van der Waals surface area contributed by atoms with Gasteiger partial charge in [-0.05, 0) is 58.9 Å². The quantitative estimate of drug-likeness (QED) is 0.760. The average Bonchev–Trinajstić information content (AvgIpc) is 3.33. The number of hydrogen-bond acceptors (Lipinski definition) is 4. The lowest BCUT2D eigenvalue weighted by atomic mass is 9.95. The van der Waals surface area contributed by atoms with Gasteiger partial charge in [-0.15, -0.1) is 0 Å².